The number of carbonyl (C=O) groups is 4. The lowest BCUT2D eigenvalue weighted by molar-refractivity contribution is -0.145. The number of amides is 3. The number of aliphatic hydroxyl groups is 1. The van der Waals surface area contributed by atoms with Crippen LogP contribution in [0.1, 0.15) is 91.7 Å². The fourth-order valence-corrected chi connectivity index (χ4v) is 8.90. The van der Waals surface area contributed by atoms with Crippen molar-refractivity contribution in [1.29, 1.82) is 0 Å². The molecule has 0 aromatic heterocycles. The highest BCUT2D eigenvalue weighted by Gasteiger charge is 2.64. The molecule has 11 atom stereocenters. The van der Waals surface area contributed by atoms with E-state index < -0.39 is 53.7 Å². The smallest absolute Gasteiger partial charge is 0.293 e. The number of hydrogen-bond acceptors (Lipinski definition) is 10. The van der Waals surface area contributed by atoms with Crippen LogP contribution in [0.25, 0.3) is 0 Å². The summed E-state index contributed by atoms with van der Waals surface area (Å²) >= 11 is 0. The fraction of sp³-hybridized carbons (Fsp3) is 0.762. The average Bonchev–Trinajstić information content (AvgIpc) is 3.68. The molecular formula is C42H69N5O8. The predicted molar refractivity (Wildman–Crippen MR) is 213 cm³/mol. The zero-order valence-corrected chi connectivity index (χ0v) is 35.3. The number of aryl methyl sites for hydroxylation is 1. The van der Waals surface area contributed by atoms with Crippen LogP contribution in [0.5, 0.6) is 0 Å². The van der Waals surface area contributed by atoms with Crippen LogP contribution in [0.15, 0.2) is 29.4 Å². The van der Waals surface area contributed by atoms with Crippen molar-refractivity contribution in [3.8, 4) is 0 Å². The number of rotatable bonds is 22. The third-order valence-electron chi connectivity index (χ3n) is 12.6. The summed E-state index contributed by atoms with van der Waals surface area (Å²) in [6.45, 7) is 16.2. The van der Waals surface area contributed by atoms with Gasteiger partial charge in [0.15, 0.2) is 0 Å². The van der Waals surface area contributed by atoms with Crippen molar-refractivity contribution in [3.05, 3.63) is 40.3 Å². The summed E-state index contributed by atoms with van der Waals surface area (Å²) in [4.78, 5) is 69.7. The van der Waals surface area contributed by atoms with E-state index in [-0.39, 0.29) is 66.7 Å². The molecular weight excluding hydrogens is 702 g/mol. The van der Waals surface area contributed by atoms with Gasteiger partial charge >= 0.3 is 0 Å². The quantitative estimate of drug-likeness (QED) is 0.113. The number of ether oxygens (including phenoxy) is 2. The molecule has 3 amide bonds. The Morgan fingerprint density at radius 3 is 2.18 bits per heavy atom. The minimum Gasteiger partial charge on any atom is -0.379 e. The van der Waals surface area contributed by atoms with Crippen LogP contribution in [0.4, 0.5) is 0 Å². The van der Waals surface area contributed by atoms with E-state index in [9.17, 15) is 29.2 Å². The van der Waals surface area contributed by atoms with E-state index in [1.165, 1.54) is 7.11 Å². The van der Waals surface area contributed by atoms with E-state index in [0.717, 1.165) is 24.0 Å². The summed E-state index contributed by atoms with van der Waals surface area (Å²) in [7, 11) is 6.67. The molecule has 3 N–H and O–H groups in total. The van der Waals surface area contributed by atoms with Crippen LogP contribution in [0, 0.1) is 46.8 Å². The Labute approximate surface area is 329 Å². The first-order valence-electron chi connectivity index (χ1n) is 20.1. The number of nitrogens with one attached hydrogen (secondary N) is 2. The number of likely N-dealkylation sites (tertiary alicyclic amines) is 1. The van der Waals surface area contributed by atoms with Gasteiger partial charge in [0.05, 0.1) is 42.2 Å². The molecule has 9 unspecified atom stereocenters. The monoisotopic (exact) mass is 772 g/mol. The first-order valence-corrected chi connectivity index (χ1v) is 20.1. The Hall–Kier alpha value is -3.10. The van der Waals surface area contributed by atoms with E-state index in [4.69, 9.17) is 9.47 Å². The maximum atomic E-state index is 14.3. The number of aliphatic hydroxyl groups excluding tert-OH is 1. The molecule has 0 bridgehead atoms. The minimum absolute atomic E-state index is 0.0164. The van der Waals surface area contributed by atoms with Gasteiger partial charge in [-0.1, -0.05) is 84.7 Å². The van der Waals surface area contributed by atoms with E-state index >= 15 is 0 Å². The Bertz CT molecular complexity index is 1460. The Morgan fingerprint density at radius 2 is 1.67 bits per heavy atom. The third-order valence-corrected chi connectivity index (χ3v) is 12.6. The van der Waals surface area contributed by atoms with Gasteiger partial charge in [-0.25, -0.2) is 0 Å². The minimum atomic E-state index is -1.17. The standard InChI is InChI=1S/C42H69N5O8/c1-13-27(7)36(46(10)40(51)35(25(4)5)44-39(50)34(43-9)24(2)3)32(54-11)21-33(48)47-20-14-15-31(47)38(55-12)28(8)37(49)30-23-42(30,41(52)45-53)22-29-18-16-26(6)17-19-29/h16-19,24-25,27-28,30-32,34-36,38,40,43,51H,13-15,20-23H2,1-12H3,(H,44,50)/t27?,28?,30?,31-,32?,34?,35-,36?,38?,40?,42?/m0/s1. The molecule has 1 saturated heterocycles. The summed E-state index contributed by atoms with van der Waals surface area (Å²) in [5.41, 5.74) is 0.760. The SMILES string of the molecule is CCC(C)C(C(CC(=O)N1CCC[C@H]1C(OC)C(C)C(=O)C1CC1(Cc1ccc(C)cc1)C(=O)N=O)OC)N(C)C(O)[C@@H](NC(=O)C(NC)C(C)C)C(C)C. The van der Waals surface area contributed by atoms with Gasteiger partial charge in [0.25, 0.3) is 5.91 Å². The van der Waals surface area contributed by atoms with Crippen molar-refractivity contribution >= 4 is 23.5 Å². The molecule has 1 aliphatic heterocycles. The molecule has 13 heteroatoms. The van der Waals surface area contributed by atoms with E-state index in [1.807, 2.05) is 70.8 Å². The predicted octanol–water partition coefficient (Wildman–Crippen LogP) is 4.50. The molecule has 2 fully saturated rings. The lowest BCUT2D eigenvalue weighted by Gasteiger charge is -2.44. The molecule has 0 radical (unpaired) electrons. The highest BCUT2D eigenvalue weighted by atomic mass is 16.5. The number of nitrogens with zero attached hydrogens (tertiary/aromatic N) is 3. The van der Waals surface area contributed by atoms with Crippen molar-refractivity contribution in [2.45, 2.75) is 137 Å². The molecule has 0 spiro atoms. The van der Waals surface area contributed by atoms with Gasteiger partial charge in [-0.2, -0.15) is 0 Å². The van der Waals surface area contributed by atoms with Crippen molar-refractivity contribution in [3.63, 3.8) is 0 Å². The maximum Gasteiger partial charge on any atom is 0.293 e. The number of nitroso groups, excluding NO2 is 1. The van der Waals surface area contributed by atoms with Crippen molar-refractivity contribution in [1.82, 2.24) is 20.4 Å². The molecule has 1 aliphatic carbocycles. The Morgan fingerprint density at radius 1 is 1.04 bits per heavy atom. The number of likely N-dealkylation sites (N-methyl/N-ethyl adjacent to an activating group) is 2. The zero-order valence-electron chi connectivity index (χ0n) is 35.3. The fourth-order valence-electron chi connectivity index (χ4n) is 8.90. The Kier molecular flexibility index (Phi) is 17.1. The van der Waals surface area contributed by atoms with Crippen LogP contribution in [0.2, 0.25) is 0 Å². The van der Waals surface area contributed by atoms with Crippen molar-refractivity contribution in [2.75, 3.05) is 34.9 Å². The van der Waals surface area contributed by atoms with Crippen molar-refractivity contribution < 1.29 is 33.8 Å². The topological polar surface area (TPSA) is 167 Å². The summed E-state index contributed by atoms with van der Waals surface area (Å²) in [5, 5.41) is 20.7. The van der Waals surface area contributed by atoms with Gasteiger partial charge in [0.1, 0.15) is 12.0 Å². The first kappa shape index (κ1) is 46.3. The largest absolute Gasteiger partial charge is 0.379 e. The molecule has 3 rings (SSSR count). The van der Waals surface area contributed by atoms with Gasteiger partial charge in [-0.3, -0.25) is 24.1 Å². The van der Waals surface area contributed by atoms with Crippen molar-refractivity contribution in [2.24, 2.45) is 40.2 Å². The lowest BCUT2D eigenvalue weighted by Crippen LogP contribution is -2.61. The number of hydrogen-bond donors (Lipinski definition) is 3. The highest BCUT2D eigenvalue weighted by Crippen LogP contribution is 2.57. The third kappa shape index (κ3) is 10.7. The zero-order chi connectivity index (χ0) is 41.4. The van der Waals surface area contributed by atoms with Crippen LogP contribution >= 0.6 is 0 Å². The maximum absolute atomic E-state index is 14.3. The number of ketones is 1. The number of carbonyl (C=O) groups excluding carboxylic acids is 4. The summed E-state index contributed by atoms with van der Waals surface area (Å²) in [5.74, 6) is -2.65. The summed E-state index contributed by atoms with van der Waals surface area (Å²) in [6.07, 6.45) is 0.383. The normalized spacial score (nSPS) is 24.2. The van der Waals surface area contributed by atoms with Crippen LogP contribution in [-0.4, -0.2) is 116 Å². The molecule has 1 aromatic rings. The highest BCUT2D eigenvalue weighted by molar-refractivity contribution is 5.98. The second-order valence-electron chi connectivity index (χ2n) is 16.9. The van der Waals surface area contributed by atoms with Gasteiger partial charge in [-0.15, -0.1) is 4.91 Å². The van der Waals surface area contributed by atoms with E-state index in [1.54, 1.807) is 26.0 Å². The number of benzene rings is 1. The molecule has 1 saturated carbocycles. The van der Waals surface area contributed by atoms with Gasteiger partial charge in [0, 0.05) is 43.8 Å². The van der Waals surface area contributed by atoms with Crippen LogP contribution in [-0.2, 0) is 35.1 Å². The number of methoxy groups -OCH3 is 2. The second kappa shape index (κ2) is 20.4. The summed E-state index contributed by atoms with van der Waals surface area (Å²) < 4.78 is 12.0. The molecule has 13 nitrogen and oxygen atoms in total. The molecule has 1 heterocycles. The van der Waals surface area contributed by atoms with E-state index in [2.05, 4.69) is 29.7 Å². The second-order valence-corrected chi connectivity index (χ2v) is 16.9. The van der Waals surface area contributed by atoms with Crippen LogP contribution in [0.3, 0.4) is 0 Å². The van der Waals surface area contributed by atoms with Gasteiger partial charge in [0.2, 0.25) is 11.8 Å². The number of Topliss-reactive ketones (excluding diaryl/α,β-unsaturated/α-hetero) is 1. The van der Waals surface area contributed by atoms with Gasteiger partial charge < -0.3 is 30.1 Å². The Balaban J connectivity index is 1.80. The molecule has 2 aliphatic rings. The van der Waals surface area contributed by atoms with Gasteiger partial charge in [-0.05, 0) is 70.0 Å². The average molecular weight is 772 g/mol. The summed E-state index contributed by atoms with van der Waals surface area (Å²) in [6, 6.07) is 5.92. The van der Waals surface area contributed by atoms with E-state index in [0.29, 0.717) is 13.0 Å². The lowest BCUT2D eigenvalue weighted by atomic mass is 9.85. The molecule has 310 valence electrons. The molecule has 1 aromatic carbocycles. The van der Waals surface area contributed by atoms with Crippen LogP contribution < -0.4 is 10.6 Å². The first-order chi connectivity index (χ1) is 25.9. The molecule has 55 heavy (non-hydrogen) atoms.